The number of anilines is 2. The number of nitrogens with one attached hydrogen (secondary N) is 2. The van der Waals surface area contributed by atoms with Crippen LogP contribution in [0.3, 0.4) is 0 Å². The van der Waals surface area contributed by atoms with Crippen LogP contribution >= 0.6 is 28.1 Å². The fourth-order valence-electron chi connectivity index (χ4n) is 1.50. The van der Waals surface area contributed by atoms with Crippen molar-refractivity contribution in [2.45, 2.75) is 0 Å². The summed E-state index contributed by atoms with van der Waals surface area (Å²) in [6.07, 6.45) is 0. The summed E-state index contributed by atoms with van der Waals surface area (Å²) in [6.45, 7) is 0. The molecule has 0 aliphatic carbocycles. The molecular weight excluding hydrogens is 353 g/mol. The van der Waals surface area contributed by atoms with Gasteiger partial charge in [-0.15, -0.1) is 0 Å². The fourth-order valence-corrected chi connectivity index (χ4v) is 2.06. The van der Waals surface area contributed by atoms with Gasteiger partial charge in [-0.05, 0) is 42.5 Å². The third-order valence-electron chi connectivity index (χ3n) is 2.30. The molecule has 0 aromatic heterocycles. The third-order valence-corrected chi connectivity index (χ3v) is 3.00. The predicted molar refractivity (Wildman–Crippen MR) is 80.3 cm³/mol. The fraction of sp³-hybridized carbons (Fsp3) is 0. The highest BCUT2D eigenvalue weighted by Crippen LogP contribution is 2.20. The molecule has 0 heterocycles. The average molecular weight is 361 g/mol. The minimum absolute atomic E-state index is 0.0243. The predicted octanol–water partition coefficient (Wildman–Crippen LogP) is 4.68. The Kier molecular flexibility index (Phi) is 4.61. The SMILES string of the molecule is Fc1cc(F)cc(NC(=S)Nc2ccc(Br)cc2F)c1. The van der Waals surface area contributed by atoms with Crippen molar-refractivity contribution in [3.8, 4) is 0 Å². The lowest BCUT2D eigenvalue weighted by molar-refractivity contribution is 0.584. The molecule has 0 aliphatic rings. The van der Waals surface area contributed by atoms with Crippen molar-refractivity contribution in [2.75, 3.05) is 10.6 Å². The van der Waals surface area contributed by atoms with Crippen LogP contribution in [-0.2, 0) is 0 Å². The summed E-state index contributed by atoms with van der Waals surface area (Å²) in [5, 5.41) is 5.20. The summed E-state index contributed by atoms with van der Waals surface area (Å²) in [7, 11) is 0. The smallest absolute Gasteiger partial charge is 0.175 e. The minimum atomic E-state index is -0.731. The van der Waals surface area contributed by atoms with Gasteiger partial charge in [-0.25, -0.2) is 13.2 Å². The molecule has 0 fully saturated rings. The number of thiocarbonyl (C=S) groups is 1. The lowest BCUT2D eigenvalue weighted by Gasteiger charge is -2.11. The van der Waals surface area contributed by atoms with Gasteiger partial charge < -0.3 is 10.6 Å². The van der Waals surface area contributed by atoms with Gasteiger partial charge in [0.05, 0.1) is 5.69 Å². The molecule has 0 amide bonds. The minimum Gasteiger partial charge on any atom is -0.332 e. The lowest BCUT2D eigenvalue weighted by Crippen LogP contribution is -2.20. The van der Waals surface area contributed by atoms with Crippen LogP contribution < -0.4 is 10.6 Å². The molecule has 104 valence electrons. The molecule has 0 aliphatic heterocycles. The van der Waals surface area contributed by atoms with Gasteiger partial charge >= 0.3 is 0 Å². The molecule has 2 aromatic carbocycles. The molecule has 0 saturated heterocycles. The van der Waals surface area contributed by atoms with Crippen molar-refractivity contribution in [2.24, 2.45) is 0 Å². The summed E-state index contributed by atoms with van der Waals surface area (Å²) in [5.74, 6) is -1.97. The second-order valence-electron chi connectivity index (χ2n) is 3.86. The highest BCUT2D eigenvalue weighted by atomic mass is 79.9. The van der Waals surface area contributed by atoms with Crippen LogP contribution in [-0.4, -0.2) is 5.11 Å². The zero-order valence-electron chi connectivity index (χ0n) is 9.88. The van der Waals surface area contributed by atoms with Gasteiger partial charge in [-0.1, -0.05) is 15.9 Å². The Balaban J connectivity index is 2.09. The first-order valence-electron chi connectivity index (χ1n) is 5.43. The van der Waals surface area contributed by atoms with Crippen LogP contribution in [0, 0.1) is 17.5 Å². The van der Waals surface area contributed by atoms with Gasteiger partial charge in [-0.3, -0.25) is 0 Å². The van der Waals surface area contributed by atoms with E-state index in [0.29, 0.717) is 4.47 Å². The summed E-state index contributed by atoms with van der Waals surface area (Å²) in [5.41, 5.74) is 0.292. The Morgan fingerprint density at radius 1 is 0.950 bits per heavy atom. The van der Waals surface area contributed by atoms with Crippen LogP contribution in [0.25, 0.3) is 0 Å². The van der Waals surface area contributed by atoms with Gasteiger partial charge in [0, 0.05) is 16.2 Å². The van der Waals surface area contributed by atoms with Crippen molar-refractivity contribution < 1.29 is 13.2 Å². The van der Waals surface area contributed by atoms with E-state index in [1.165, 1.54) is 12.1 Å². The Morgan fingerprint density at radius 3 is 2.20 bits per heavy atom. The van der Waals surface area contributed by atoms with Crippen molar-refractivity contribution in [3.05, 3.63) is 58.3 Å². The first-order chi connectivity index (χ1) is 9.44. The van der Waals surface area contributed by atoms with E-state index in [0.717, 1.165) is 18.2 Å². The van der Waals surface area contributed by atoms with Crippen LogP contribution in [0.2, 0.25) is 0 Å². The second-order valence-corrected chi connectivity index (χ2v) is 5.19. The highest BCUT2D eigenvalue weighted by Gasteiger charge is 2.06. The van der Waals surface area contributed by atoms with Crippen molar-refractivity contribution in [1.82, 2.24) is 0 Å². The molecule has 0 bridgehead atoms. The Morgan fingerprint density at radius 2 is 1.60 bits per heavy atom. The Hall–Kier alpha value is -1.60. The molecule has 0 atom stereocenters. The van der Waals surface area contributed by atoms with Crippen LogP contribution in [0.4, 0.5) is 24.5 Å². The first-order valence-corrected chi connectivity index (χ1v) is 6.63. The van der Waals surface area contributed by atoms with Crippen molar-refractivity contribution in [3.63, 3.8) is 0 Å². The maximum atomic E-state index is 13.6. The van der Waals surface area contributed by atoms with Crippen LogP contribution in [0.15, 0.2) is 40.9 Å². The molecule has 0 spiro atoms. The number of benzene rings is 2. The topological polar surface area (TPSA) is 24.1 Å². The average Bonchev–Trinajstić information content (AvgIpc) is 2.31. The molecule has 2 N–H and O–H groups in total. The highest BCUT2D eigenvalue weighted by molar-refractivity contribution is 9.10. The maximum Gasteiger partial charge on any atom is 0.175 e. The molecule has 0 saturated carbocycles. The quantitative estimate of drug-likeness (QED) is 0.760. The normalized spacial score (nSPS) is 10.2. The molecule has 2 aromatic rings. The molecule has 7 heteroatoms. The molecule has 20 heavy (non-hydrogen) atoms. The van der Waals surface area contributed by atoms with Gasteiger partial charge in [0.1, 0.15) is 17.5 Å². The van der Waals surface area contributed by atoms with Gasteiger partial charge in [-0.2, -0.15) is 0 Å². The summed E-state index contributed by atoms with van der Waals surface area (Å²) in [6, 6.07) is 7.29. The van der Waals surface area contributed by atoms with Crippen LogP contribution in [0.1, 0.15) is 0 Å². The van der Waals surface area contributed by atoms with Gasteiger partial charge in [0.15, 0.2) is 5.11 Å². The van der Waals surface area contributed by atoms with Crippen molar-refractivity contribution >= 4 is 44.6 Å². The summed E-state index contributed by atoms with van der Waals surface area (Å²) < 4.78 is 40.2. The zero-order valence-corrected chi connectivity index (χ0v) is 12.3. The van der Waals surface area contributed by atoms with E-state index in [1.54, 1.807) is 6.07 Å². The monoisotopic (exact) mass is 360 g/mol. The first kappa shape index (κ1) is 14.8. The molecule has 0 unspecified atom stereocenters. The van der Waals surface area contributed by atoms with Gasteiger partial charge in [0.25, 0.3) is 0 Å². The van der Waals surface area contributed by atoms with E-state index in [9.17, 15) is 13.2 Å². The molecular formula is C13H8BrF3N2S. The maximum absolute atomic E-state index is 13.6. The second kappa shape index (κ2) is 6.23. The van der Waals surface area contributed by atoms with Crippen molar-refractivity contribution in [1.29, 1.82) is 0 Å². The molecule has 0 radical (unpaired) electrons. The molecule has 2 rings (SSSR count). The van der Waals surface area contributed by atoms with E-state index in [1.807, 2.05) is 0 Å². The Labute approximate surface area is 127 Å². The third kappa shape index (κ3) is 3.94. The molecule has 2 nitrogen and oxygen atoms in total. The number of rotatable bonds is 2. The van der Waals surface area contributed by atoms with E-state index in [-0.39, 0.29) is 16.5 Å². The number of hydrogen-bond acceptors (Lipinski definition) is 1. The number of hydrogen-bond donors (Lipinski definition) is 2. The van der Waals surface area contributed by atoms with Gasteiger partial charge in [0.2, 0.25) is 0 Å². The standard InChI is InChI=1S/C13H8BrF3N2S/c14-7-1-2-12(11(17)3-7)19-13(20)18-10-5-8(15)4-9(16)6-10/h1-6H,(H2,18,19,20). The van der Waals surface area contributed by atoms with E-state index >= 15 is 0 Å². The summed E-state index contributed by atoms with van der Waals surface area (Å²) >= 11 is 8.08. The largest absolute Gasteiger partial charge is 0.332 e. The number of halogens is 4. The van der Waals surface area contributed by atoms with Crippen LogP contribution in [0.5, 0.6) is 0 Å². The van der Waals surface area contributed by atoms with E-state index in [4.69, 9.17) is 12.2 Å². The summed E-state index contributed by atoms with van der Waals surface area (Å²) in [4.78, 5) is 0. The van der Waals surface area contributed by atoms with E-state index in [2.05, 4.69) is 26.6 Å². The van der Waals surface area contributed by atoms with E-state index < -0.39 is 17.5 Å². The Bertz CT molecular complexity index is 644. The zero-order chi connectivity index (χ0) is 14.7. The lowest BCUT2D eigenvalue weighted by atomic mass is 10.3.